The SMILES string of the molecule is CC(C)(O)c1cc2nn(CCCS(C)(=O)=O)cc2cc1NC(=O)c1cccc(C(F)(F)F)n1. The third-order valence-electron chi connectivity index (χ3n) is 4.77. The van der Waals surface area contributed by atoms with Crippen molar-refractivity contribution in [3.05, 3.63) is 53.5 Å². The fourth-order valence-electron chi connectivity index (χ4n) is 3.24. The molecule has 2 heterocycles. The van der Waals surface area contributed by atoms with Crippen LogP contribution in [0.4, 0.5) is 18.9 Å². The Labute approximate surface area is 188 Å². The number of aromatic nitrogens is 3. The number of halogens is 3. The molecule has 2 N–H and O–H groups in total. The van der Waals surface area contributed by atoms with Crippen LogP contribution in [0.25, 0.3) is 10.9 Å². The molecule has 0 fully saturated rings. The monoisotopic (exact) mass is 484 g/mol. The predicted octanol–water partition coefficient (Wildman–Crippen LogP) is 3.36. The molecule has 0 bridgehead atoms. The molecule has 1 aromatic carbocycles. The third kappa shape index (κ3) is 6.29. The topological polar surface area (TPSA) is 114 Å². The lowest BCUT2D eigenvalue weighted by atomic mass is 9.95. The summed E-state index contributed by atoms with van der Waals surface area (Å²) in [4.78, 5) is 16.0. The molecular formula is C21H23F3N4O4S. The number of aryl methyl sites for hydroxylation is 1. The number of amides is 1. The number of benzene rings is 1. The number of sulfone groups is 1. The second-order valence-corrected chi connectivity index (χ2v) is 10.5. The molecule has 0 radical (unpaired) electrons. The van der Waals surface area contributed by atoms with Gasteiger partial charge in [-0.1, -0.05) is 6.07 Å². The van der Waals surface area contributed by atoms with E-state index in [1.165, 1.54) is 13.8 Å². The highest BCUT2D eigenvalue weighted by molar-refractivity contribution is 7.90. The molecule has 3 aromatic rings. The summed E-state index contributed by atoms with van der Waals surface area (Å²) < 4.78 is 63.0. The molecule has 0 aliphatic carbocycles. The Morgan fingerprint density at radius 1 is 1.21 bits per heavy atom. The maximum absolute atomic E-state index is 12.9. The molecule has 3 rings (SSSR count). The van der Waals surface area contributed by atoms with E-state index in [4.69, 9.17) is 0 Å². The number of hydrogen-bond acceptors (Lipinski definition) is 6. The first-order valence-electron chi connectivity index (χ1n) is 9.91. The zero-order valence-electron chi connectivity index (χ0n) is 18.1. The first-order chi connectivity index (χ1) is 15.1. The molecule has 33 heavy (non-hydrogen) atoms. The Bertz CT molecular complexity index is 1300. The van der Waals surface area contributed by atoms with Gasteiger partial charge < -0.3 is 10.4 Å². The Kier molecular flexibility index (Phi) is 6.53. The van der Waals surface area contributed by atoms with Crippen molar-refractivity contribution in [2.75, 3.05) is 17.3 Å². The van der Waals surface area contributed by atoms with Crippen LogP contribution < -0.4 is 5.32 Å². The van der Waals surface area contributed by atoms with Gasteiger partial charge in [0.1, 0.15) is 21.2 Å². The summed E-state index contributed by atoms with van der Waals surface area (Å²) in [6.45, 7) is 3.33. The Hall–Kier alpha value is -2.99. The van der Waals surface area contributed by atoms with Crippen LogP contribution in [0.15, 0.2) is 36.5 Å². The lowest BCUT2D eigenvalue weighted by Gasteiger charge is -2.22. The summed E-state index contributed by atoms with van der Waals surface area (Å²) >= 11 is 0. The highest BCUT2D eigenvalue weighted by atomic mass is 32.2. The number of nitrogens with one attached hydrogen (secondary N) is 1. The van der Waals surface area contributed by atoms with Gasteiger partial charge >= 0.3 is 6.18 Å². The molecule has 0 atom stereocenters. The van der Waals surface area contributed by atoms with Gasteiger partial charge in [-0.3, -0.25) is 9.48 Å². The van der Waals surface area contributed by atoms with E-state index in [1.807, 2.05) is 0 Å². The van der Waals surface area contributed by atoms with Crippen LogP contribution >= 0.6 is 0 Å². The summed E-state index contributed by atoms with van der Waals surface area (Å²) in [6.07, 6.45) is -1.53. The van der Waals surface area contributed by atoms with Crippen LogP contribution in [-0.2, 0) is 28.2 Å². The van der Waals surface area contributed by atoms with Crippen molar-refractivity contribution < 1.29 is 31.5 Å². The average molecular weight is 485 g/mol. The van der Waals surface area contributed by atoms with Gasteiger partial charge in [-0.25, -0.2) is 13.4 Å². The average Bonchev–Trinajstić information content (AvgIpc) is 3.06. The summed E-state index contributed by atoms with van der Waals surface area (Å²) in [6, 6.07) is 6.13. The van der Waals surface area contributed by atoms with Gasteiger partial charge in [-0.05, 0) is 44.5 Å². The summed E-state index contributed by atoms with van der Waals surface area (Å²) in [5.41, 5.74) is -2.03. The quantitative estimate of drug-likeness (QED) is 0.532. The third-order valence-corrected chi connectivity index (χ3v) is 5.80. The first kappa shape index (κ1) is 24.6. The van der Waals surface area contributed by atoms with E-state index < -0.39 is 38.9 Å². The van der Waals surface area contributed by atoms with E-state index in [0.717, 1.165) is 24.5 Å². The van der Waals surface area contributed by atoms with E-state index in [-0.39, 0.29) is 11.4 Å². The minimum absolute atomic E-state index is 0.00340. The lowest BCUT2D eigenvalue weighted by molar-refractivity contribution is -0.141. The van der Waals surface area contributed by atoms with Crippen molar-refractivity contribution in [2.45, 2.75) is 38.6 Å². The Balaban J connectivity index is 1.93. The number of rotatable bonds is 7. The maximum Gasteiger partial charge on any atom is 0.433 e. The van der Waals surface area contributed by atoms with E-state index in [9.17, 15) is 31.5 Å². The number of pyridine rings is 1. The molecule has 0 saturated carbocycles. The van der Waals surface area contributed by atoms with Crippen LogP contribution in [0.2, 0.25) is 0 Å². The number of fused-ring (bicyclic) bond motifs is 1. The van der Waals surface area contributed by atoms with Crippen molar-refractivity contribution in [1.29, 1.82) is 0 Å². The molecule has 1 amide bonds. The normalized spacial score (nSPS) is 12.8. The van der Waals surface area contributed by atoms with Gasteiger partial charge in [-0.15, -0.1) is 0 Å². The molecule has 12 heteroatoms. The smallest absolute Gasteiger partial charge is 0.386 e. The molecule has 0 unspecified atom stereocenters. The van der Waals surface area contributed by atoms with Gasteiger partial charge in [0.05, 0.1) is 16.9 Å². The minimum Gasteiger partial charge on any atom is -0.386 e. The Morgan fingerprint density at radius 3 is 2.52 bits per heavy atom. The highest BCUT2D eigenvalue weighted by Gasteiger charge is 2.33. The van der Waals surface area contributed by atoms with Crippen molar-refractivity contribution >= 4 is 32.3 Å². The summed E-state index contributed by atoms with van der Waals surface area (Å²) in [5.74, 6) is -0.866. The summed E-state index contributed by atoms with van der Waals surface area (Å²) in [5, 5.41) is 18.1. The van der Waals surface area contributed by atoms with E-state index in [1.54, 1.807) is 23.0 Å². The van der Waals surface area contributed by atoms with Crippen molar-refractivity contribution in [3.8, 4) is 0 Å². The van der Waals surface area contributed by atoms with Gasteiger partial charge in [0.25, 0.3) is 5.91 Å². The van der Waals surface area contributed by atoms with Gasteiger partial charge in [0.2, 0.25) is 0 Å². The van der Waals surface area contributed by atoms with Crippen LogP contribution in [0.3, 0.4) is 0 Å². The predicted molar refractivity (Wildman–Crippen MR) is 116 cm³/mol. The molecule has 178 valence electrons. The number of hydrogen-bond donors (Lipinski definition) is 2. The van der Waals surface area contributed by atoms with Crippen LogP contribution in [0.5, 0.6) is 0 Å². The fourth-order valence-corrected chi connectivity index (χ4v) is 3.89. The van der Waals surface area contributed by atoms with E-state index >= 15 is 0 Å². The number of carbonyl (C=O) groups is 1. The second kappa shape index (κ2) is 8.75. The van der Waals surface area contributed by atoms with Crippen molar-refractivity contribution in [2.24, 2.45) is 0 Å². The largest absolute Gasteiger partial charge is 0.433 e. The van der Waals surface area contributed by atoms with Crippen LogP contribution in [-0.4, -0.2) is 46.2 Å². The second-order valence-electron chi connectivity index (χ2n) is 8.25. The van der Waals surface area contributed by atoms with Gasteiger partial charge in [0.15, 0.2) is 0 Å². The van der Waals surface area contributed by atoms with Crippen LogP contribution in [0.1, 0.15) is 42.0 Å². The number of aliphatic hydroxyl groups is 1. The molecule has 0 aliphatic rings. The standard InChI is InChI=1S/C21H23F3N4O4S/c1-20(2,30)14-11-16-13(12-28(27-16)8-5-9-33(3,31)32)10-17(14)26-19(29)15-6-4-7-18(25-15)21(22,23)24/h4,6-7,10-12,30H,5,8-9H2,1-3H3,(H,26,29). The number of carbonyl (C=O) groups excluding carboxylic acids is 1. The Morgan fingerprint density at radius 2 is 1.91 bits per heavy atom. The van der Waals surface area contributed by atoms with Gasteiger partial charge in [-0.2, -0.15) is 18.3 Å². The number of anilines is 1. The van der Waals surface area contributed by atoms with E-state index in [2.05, 4.69) is 15.4 Å². The highest BCUT2D eigenvalue weighted by Crippen LogP contribution is 2.32. The van der Waals surface area contributed by atoms with Crippen molar-refractivity contribution in [1.82, 2.24) is 14.8 Å². The fraction of sp³-hybridized carbons (Fsp3) is 0.381. The molecule has 8 nitrogen and oxygen atoms in total. The first-order valence-corrected chi connectivity index (χ1v) is 12.0. The summed E-state index contributed by atoms with van der Waals surface area (Å²) in [7, 11) is -3.11. The molecule has 0 saturated heterocycles. The van der Waals surface area contributed by atoms with E-state index in [0.29, 0.717) is 29.4 Å². The lowest BCUT2D eigenvalue weighted by Crippen LogP contribution is -2.22. The number of alkyl halides is 3. The van der Waals surface area contributed by atoms with Crippen molar-refractivity contribution in [3.63, 3.8) is 0 Å². The maximum atomic E-state index is 12.9. The molecule has 0 spiro atoms. The van der Waals surface area contributed by atoms with Gasteiger partial charge in [0, 0.05) is 35.6 Å². The molecule has 0 aliphatic heterocycles. The zero-order valence-corrected chi connectivity index (χ0v) is 19.0. The zero-order chi connectivity index (χ0) is 24.6. The number of nitrogens with zero attached hydrogens (tertiary/aromatic N) is 3. The minimum atomic E-state index is -4.70. The molecule has 2 aromatic heterocycles. The molecular weight excluding hydrogens is 461 g/mol. The van der Waals surface area contributed by atoms with Crippen LogP contribution in [0, 0.1) is 0 Å².